The zero-order valence-corrected chi connectivity index (χ0v) is 25.1. The maximum absolute atomic E-state index is 12.6. The number of carbonyl (C=O) groups is 2. The molecule has 0 atom stereocenters. The van der Waals surface area contributed by atoms with Crippen molar-refractivity contribution in [1.29, 1.82) is 0 Å². The standard InChI is InChI=1S/C35H44N2O5/c1-4-7-23-41-31-19-9-8-15-28(31)16-10-11-24-42-33-20-13-17-29(37-33)22-21-27-14-12-18-30(25-27)36-32(38)26-35(5-2,6-3)34(39)40/h8-9,12-15,17-22,25H,4-7,10-11,16,23-24,26H2,1-3H3,(H,36,38)(H,39,40)/b22-21+. The van der Waals surface area contributed by atoms with Crippen LogP contribution in [-0.2, 0) is 16.0 Å². The zero-order valence-electron chi connectivity index (χ0n) is 25.1. The van der Waals surface area contributed by atoms with Crippen LogP contribution in [0.3, 0.4) is 0 Å². The molecular formula is C35H44N2O5. The molecule has 7 nitrogen and oxygen atoms in total. The highest BCUT2D eigenvalue weighted by molar-refractivity contribution is 5.94. The average molecular weight is 573 g/mol. The van der Waals surface area contributed by atoms with E-state index in [1.165, 1.54) is 5.56 Å². The molecule has 0 saturated carbocycles. The van der Waals surface area contributed by atoms with Crippen molar-refractivity contribution in [2.45, 2.75) is 72.1 Å². The summed E-state index contributed by atoms with van der Waals surface area (Å²) in [6.45, 7) is 7.10. The number of para-hydroxylation sites is 1. The van der Waals surface area contributed by atoms with Crippen LogP contribution in [0.2, 0.25) is 0 Å². The first kappa shape index (κ1) is 32.4. The third-order valence-corrected chi connectivity index (χ3v) is 7.49. The summed E-state index contributed by atoms with van der Waals surface area (Å²) in [6, 6.07) is 21.3. The van der Waals surface area contributed by atoms with Gasteiger partial charge >= 0.3 is 5.97 Å². The number of aryl methyl sites for hydroxylation is 1. The Morgan fingerprint density at radius 3 is 2.40 bits per heavy atom. The summed E-state index contributed by atoms with van der Waals surface area (Å²) in [7, 11) is 0. The van der Waals surface area contributed by atoms with Gasteiger partial charge in [-0.1, -0.05) is 69.7 Å². The van der Waals surface area contributed by atoms with Gasteiger partial charge in [0, 0.05) is 18.2 Å². The van der Waals surface area contributed by atoms with Crippen LogP contribution in [0.1, 0.15) is 82.5 Å². The Morgan fingerprint density at radius 1 is 0.881 bits per heavy atom. The third-order valence-electron chi connectivity index (χ3n) is 7.49. The Morgan fingerprint density at radius 2 is 1.64 bits per heavy atom. The fraction of sp³-hybridized carbons (Fsp3) is 0.400. The smallest absolute Gasteiger partial charge is 0.310 e. The van der Waals surface area contributed by atoms with E-state index in [4.69, 9.17) is 9.47 Å². The number of aliphatic carboxylic acids is 1. The first-order chi connectivity index (χ1) is 20.4. The van der Waals surface area contributed by atoms with Crippen molar-refractivity contribution in [3.8, 4) is 11.6 Å². The summed E-state index contributed by atoms with van der Waals surface area (Å²) in [5, 5.41) is 12.5. The van der Waals surface area contributed by atoms with Gasteiger partial charge in [-0.05, 0) is 80.0 Å². The number of unbranched alkanes of at least 4 members (excludes halogenated alkanes) is 2. The molecule has 0 spiro atoms. The first-order valence-electron chi connectivity index (χ1n) is 15.0. The molecule has 0 fully saturated rings. The number of hydrogen-bond donors (Lipinski definition) is 2. The molecule has 7 heteroatoms. The van der Waals surface area contributed by atoms with Gasteiger partial charge in [0.15, 0.2) is 0 Å². The molecule has 0 saturated heterocycles. The van der Waals surface area contributed by atoms with Crippen molar-refractivity contribution in [3.05, 3.63) is 83.6 Å². The van der Waals surface area contributed by atoms with Gasteiger partial charge < -0.3 is 19.9 Å². The van der Waals surface area contributed by atoms with Crippen LogP contribution in [0.4, 0.5) is 5.69 Å². The molecule has 0 unspecified atom stereocenters. The lowest BCUT2D eigenvalue weighted by Crippen LogP contribution is -2.34. The number of carboxylic acids is 1. The monoisotopic (exact) mass is 572 g/mol. The van der Waals surface area contributed by atoms with Crippen molar-refractivity contribution in [2.24, 2.45) is 5.41 Å². The summed E-state index contributed by atoms with van der Waals surface area (Å²) in [6.07, 6.45) is 9.57. The second-order valence-electron chi connectivity index (χ2n) is 10.5. The van der Waals surface area contributed by atoms with Crippen molar-refractivity contribution < 1.29 is 24.2 Å². The van der Waals surface area contributed by atoms with Gasteiger partial charge in [0.1, 0.15) is 5.75 Å². The molecule has 0 bridgehead atoms. The number of benzene rings is 2. The van der Waals surface area contributed by atoms with Crippen molar-refractivity contribution in [1.82, 2.24) is 4.98 Å². The summed E-state index contributed by atoms with van der Waals surface area (Å²) >= 11 is 0. The highest BCUT2D eigenvalue weighted by atomic mass is 16.5. The quantitative estimate of drug-likeness (QED) is 0.150. The van der Waals surface area contributed by atoms with E-state index in [9.17, 15) is 14.7 Å². The number of pyridine rings is 1. The van der Waals surface area contributed by atoms with Gasteiger partial charge in [-0.15, -0.1) is 0 Å². The topological polar surface area (TPSA) is 97.8 Å². The highest BCUT2D eigenvalue weighted by Gasteiger charge is 2.37. The van der Waals surface area contributed by atoms with Gasteiger partial charge in [-0.25, -0.2) is 4.98 Å². The maximum atomic E-state index is 12.6. The van der Waals surface area contributed by atoms with Gasteiger partial charge in [0.2, 0.25) is 11.8 Å². The number of hydrogen-bond acceptors (Lipinski definition) is 5. The van der Waals surface area contributed by atoms with Crippen molar-refractivity contribution in [3.63, 3.8) is 0 Å². The second kappa shape index (κ2) is 17.0. The number of amides is 1. The molecule has 1 amide bonds. The van der Waals surface area contributed by atoms with Crippen LogP contribution in [0.15, 0.2) is 66.7 Å². The van der Waals surface area contributed by atoms with Crippen LogP contribution in [-0.4, -0.2) is 35.2 Å². The Kier molecular flexibility index (Phi) is 13.1. The van der Waals surface area contributed by atoms with Crippen LogP contribution in [0.25, 0.3) is 12.2 Å². The van der Waals surface area contributed by atoms with Gasteiger partial charge in [-0.3, -0.25) is 9.59 Å². The number of aromatic nitrogens is 1. The van der Waals surface area contributed by atoms with E-state index >= 15 is 0 Å². The fourth-order valence-electron chi connectivity index (χ4n) is 4.67. The summed E-state index contributed by atoms with van der Waals surface area (Å²) in [4.78, 5) is 29.0. The van der Waals surface area contributed by atoms with Gasteiger partial charge in [0.05, 0.1) is 24.3 Å². The molecule has 0 aliphatic rings. The molecule has 2 N–H and O–H groups in total. The first-order valence-corrected chi connectivity index (χ1v) is 15.0. The van der Waals surface area contributed by atoms with Crippen LogP contribution >= 0.6 is 0 Å². The van der Waals surface area contributed by atoms with E-state index in [0.717, 1.165) is 55.7 Å². The fourth-order valence-corrected chi connectivity index (χ4v) is 4.67. The molecule has 3 rings (SSSR count). The van der Waals surface area contributed by atoms with Crippen molar-refractivity contribution >= 4 is 29.7 Å². The summed E-state index contributed by atoms with van der Waals surface area (Å²) < 4.78 is 11.9. The molecule has 1 aromatic heterocycles. The Hall–Kier alpha value is -4.13. The van der Waals surface area contributed by atoms with E-state index in [0.29, 0.717) is 31.0 Å². The van der Waals surface area contributed by atoms with Crippen molar-refractivity contribution in [2.75, 3.05) is 18.5 Å². The number of nitrogens with zero attached hydrogens (tertiary/aromatic N) is 1. The molecule has 0 aliphatic carbocycles. The molecule has 2 aromatic carbocycles. The number of anilines is 1. The van der Waals surface area contributed by atoms with Crippen LogP contribution in [0, 0.1) is 5.41 Å². The lowest BCUT2D eigenvalue weighted by molar-refractivity contribution is -0.151. The average Bonchev–Trinajstić information content (AvgIpc) is 3.00. The minimum atomic E-state index is -1.05. The number of ether oxygens (including phenoxy) is 2. The maximum Gasteiger partial charge on any atom is 0.310 e. The minimum absolute atomic E-state index is 0.0626. The zero-order chi connectivity index (χ0) is 30.2. The Labute approximate surface area is 250 Å². The van der Waals surface area contributed by atoms with E-state index in [2.05, 4.69) is 29.4 Å². The molecule has 0 aliphatic heterocycles. The lowest BCUT2D eigenvalue weighted by atomic mass is 9.79. The Bertz CT molecular complexity index is 1320. The van der Waals surface area contributed by atoms with E-state index in [-0.39, 0.29) is 12.3 Å². The van der Waals surface area contributed by atoms with Gasteiger partial charge in [-0.2, -0.15) is 0 Å². The predicted molar refractivity (Wildman–Crippen MR) is 169 cm³/mol. The lowest BCUT2D eigenvalue weighted by Gasteiger charge is -2.25. The molecular weight excluding hydrogens is 528 g/mol. The van der Waals surface area contributed by atoms with E-state index in [1.807, 2.05) is 60.7 Å². The third kappa shape index (κ3) is 10.1. The Balaban J connectivity index is 1.49. The largest absolute Gasteiger partial charge is 0.493 e. The SMILES string of the molecule is CCCCOc1ccccc1CCCCOc1cccc(/C=C/c2cccc(NC(=O)CC(CC)(CC)C(=O)O)c2)n1. The second-order valence-corrected chi connectivity index (χ2v) is 10.5. The predicted octanol–water partition coefficient (Wildman–Crippen LogP) is 8.05. The van der Waals surface area contributed by atoms with E-state index in [1.54, 1.807) is 19.9 Å². The molecule has 0 radical (unpaired) electrons. The molecule has 1 heterocycles. The summed E-state index contributed by atoms with van der Waals surface area (Å²) in [5.41, 5.74) is 2.45. The number of carboxylic acid groups (broad SMARTS) is 1. The molecule has 3 aromatic rings. The normalized spacial score (nSPS) is 11.4. The number of nitrogens with one attached hydrogen (secondary N) is 1. The minimum Gasteiger partial charge on any atom is -0.493 e. The number of rotatable bonds is 18. The molecule has 224 valence electrons. The summed E-state index contributed by atoms with van der Waals surface area (Å²) in [5.74, 6) is 0.315. The number of carbonyl (C=O) groups excluding carboxylic acids is 1. The van der Waals surface area contributed by atoms with E-state index < -0.39 is 11.4 Å². The van der Waals surface area contributed by atoms with Crippen LogP contribution < -0.4 is 14.8 Å². The van der Waals surface area contributed by atoms with Crippen LogP contribution in [0.5, 0.6) is 11.6 Å². The van der Waals surface area contributed by atoms with Gasteiger partial charge in [0.25, 0.3) is 0 Å². The highest BCUT2D eigenvalue weighted by Crippen LogP contribution is 2.31. The molecule has 42 heavy (non-hydrogen) atoms.